The highest BCUT2D eigenvalue weighted by Crippen LogP contribution is 2.10. The molecule has 20 heavy (non-hydrogen) atoms. The van der Waals surface area contributed by atoms with Crippen molar-refractivity contribution in [2.75, 3.05) is 11.5 Å². The number of nitrogens with zero attached hydrogens (tertiary/aromatic N) is 1. The van der Waals surface area contributed by atoms with Gasteiger partial charge in [-0.05, 0) is 36.4 Å². The summed E-state index contributed by atoms with van der Waals surface area (Å²) < 4.78 is 0. The van der Waals surface area contributed by atoms with Gasteiger partial charge in [-0.2, -0.15) is 0 Å². The molecule has 0 amide bonds. The molecular weight excluding hydrogens is 256 g/mol. The number of hydrogen-bond acceptors (Lipinski definition) is 4. The summed E-state index contributed by atoms with van der Waals surface area (Å²) in [6, 6.07) is 13.8. The largest absolute Gasteiger partial charge is 0.478 e. The Kier molecular flexibility index (Phi) is 3.85. The van der Waals surface area contributed by atoms with Gasteiger partial charge in [0, 0.05) is 5.69 Å². The number of nitrogen functional groups attached to an aromatic ring is 2. The molecule has 0 atom stereocenters. The normalized spacial score (nSPS) is 9.80. The van der Waals surface area contributed by atoms with Crippen LogP contribution in [0.25, 0.3) is 11.0 Å². The van der Waals surface area contributed by atoms with E-state index in [0.717, 1.165) is 11.0 Å². The molecule has 3 aromatic rings. The number of aromatic nitrogens is 2. The number of carbonyl (C=O) groups is 1. The third-order valence-corrected chi connectivity index (χ3v) is 2.57. The maximum Gasteiger partial charge on any atom is 0.335 e. The average molecular weight is 270 g/mol. The van der Waals surface area contributed by atoms with E-state index in [1.54, 1.807) is 12.1 Å². The monoisotopic (exact) mass is 270 g/mol. The number of aromatic amines is 1. The second kappa shape index (κ2) is 5.75. The molecule has 2 aromatic carbocycles. The zero-order valence-corrected chi connectivity index (χ0v) is 10.6. The molecule has 0 saturated heterocycles. The first kappa shape index (κ1) is 13.4. The molecule has 0 aliphatic heterocycles. The Hall–Kier alpha value is -3.02. The van der Waals surface area contributed by atoms with E-state index in [0.29, 0.717) is 11.6 Å². The molecule has 0 unspecified atom stereocenters. The molecule has 0 bridgehead atoms. The van der Waals surface area contributed by atoms with Gasteiger partial charge in [0.15, 0.2) is 5.95 Å². The van der Waals surface area contributed by atoms with Gasteiger partial charge in [0.2, 0.25) is 0 Å². The smallest absolute Gasteiger partial charge is 0.335 e. The summed E-state index contributed by atoms with van der Waals surface area (Å²) >= 11 is 0. The van der Waals surface area contributed by atoms with Gasteiger partial charge in [0.25, 0.3) is 0 Å². The topological polar surface area (TPSA) is 118 Å². The van der Waals surface area contributed by atoms with Crippen molar-refractivity contribution in [3.8, 4) is 0 Å². The fourth-order valence-electron chi connectivity index (χ4n) is 1.60. The second-order valence-corrected chi connectivity index (χ2v) is 4.07. The fraction of sp³-hybridized carbons (Fsp3) is 0. The molecule has 0 aliphatic rings. The minimum Gasteiger partial charge on any atom is -0.478 e. The summed E-state index contributed by atoms with van der Waals surface area (Å²) in [7, 11) is 0. The summed E-state index contributed by atoms with van der Waals surface area (Å²) in [6.07, 6.45) is 0. The van der Waals surface area contributed by atoms with Gasteiger partial charge < -0.3 is 21.6 Å². The number of fused-ring (bicyclic) bond motifs is 1. The van der Waals surface area contributed by atoms with Gasteiger partial charge in [0.05, 0.1) is 16.6 Å². The van der Waals surface area contributed by atoms with Crippen molar-refractivity contribution in [3.63, 3.8) is 0 Å². The van der Waals surface area contributed by atoms with Crippen LogP contribution < -0.4 is 11.5 Å². The highest BCUT2D eigenvalue weighted by atomic mass is 16.4. The molecule has 6 nitrogen and oxygen atoms in total. The van der Waals surface area contributed by atoms with Crippen LogP contribution in [-0.4, -0.2) is 21.0 Å². The maximum absolute atomic E-state index is 10.3. The van der Waals surface area contributed by atoms with Gasteiger partial charge in [-0.1, -0.05) is 12.1 Å². The van der Waals surface area contributed by atoms with Crippen LogP contribution in [0.2, 0.25) is 0 Å². The lowest BCUT2D eigenvalue weighted by Crippen LogP contribution is -1.95. The van der Waals surface area contributed by atoms with E-state index in [-0.39, 0.29) is 5.56 Å². The van der Waals surface area contributed by atoms with E-state index < -0.39 is 5.97 Å². The molecule has 3 rings (SSSR count). The zero-order valence-electron chi connectivity index (χ0n) is 10.6. The van der Waals surface area contributed by atoms with Crippen molar-refractivity contribution >= 4 is 28.6 Å². The minimum atomic E-state index is -0.931. The lowest BCUT2D eigenvalue weighted by atomic mass is 10.2. The number of nitrogens with two attached hydrogens (primary N) is 2. The Balaban J connectivity index is 0.000000147. The van der Waals surface area contributed by atoms with Crippen LogP contribution in [0.5, 0.6) is 0 Å². The van der Waals surface area contributed by atoms with Gasteiger partial charge in [-0.3, -0.25) is 0 Å². The number of para-hydroxylation sites is 2. The summed E-state index contributed by atoms with van der Waals surface area (Å²) in [5.41, 5.74) is 13.5. The molecular formula is C14H14N4O2. The molecule has 6 N–H and O–H groups in total. The van der Waals surface area contributed by atoms with E-state index in [1.807, 2.05) is 24.3 Å². The number of aromatic carboxylic acids is 1. The van der Waals surface area contributed by atoms with Gasteiger partial charge >= 0.3 is 5.97 Å². The van der Waals surface area contributed by atoms with E-state index in [2.05, 4.69) is 9.97 Å². The Morgan fingerprint density at radius 3 is 2.30 bits per heavy atom. The second-order valence-electron chi connectivity index (χ2n) is 4.07. The maximum atomic E-state index is 10.3. The first-order chi connectivity index (χ1) is 9.56. The SMILES string of the molecule is Nc1ccc(C(=O)O)cc1.Nc1nc2ccccc2[nH]1. The zero-order chi connectivity index (χ0) is 14.5. The number of imidazole rings is 1. The Labute approximate surface area is 115 Å². The molecule has 0 saturated carbocycles. The standard InChI is InChI=1S/C7H7N3.C7H7NO2/c8-7-9-5-3-1-2-4-6(5)10-7;8-6-3-1-5(2-4-6)7(9)10/h1-4H,(H3,8,9,10);1-4H,8H2,(H,9,10). The number of rotatable bonds is 1. The number of anilines is 2. The van der Waals surface area contributed by atoms with Crippen LogP contribution in [0.15, 0.2) is 48.5 Å². The van der Waals surface area contributed by atoms with E-state index in [1.165, 1.54) is 12.1 Å². The molecule has 102 valence electrons. The Bertz CT molecular complexity index is 686. The number of carboxylic acids is 1. The van der Waals surface area contributed by atoms with E-state index in [9.17, 15) is 4.79 Å². The van der Waals surface area contributed by atoms with Gasteiger partial charge in [0.1, 0.15) is 0 Å². The van der Waals surface area contributed by atoms with Crippen LogP contribution in [0, 0.1) is 0 Å². The summed E-state index contributed by atoms with van der Waals surface area (Å²) in [6.45, 7) is 0. The molecule has 0 aliphatic carbocycles. The molecule has 1 heterocycles. The van der Waals surface area contributed by atoms with Gasteiger partial charge in [-0.25, -0.2) is 9.78 Å². The lowest BCUT2D eigenvalue weighted by Gasteiger charge is -1.93. The van der Waals surface area contributed by atoms with Crippen molar-refractivity contribution in [1.82, 2.24) is 9.97 Å². The van der Waals surface area contributed by atoms with Crippen molar-refractivity contribution in [3.05, 3.63) is 54.1 Å². The minimum absolute atomic E-state index is 0.259. The predicted octanol–water partition coefficient (Wildman–Crippen LogP) is 2.11. The summed E-state index contributed by atoms with van der Waals surface area (Å²) in [5.74, 6) is -0.457. The number of H-pyrrole nitrogens is 1. The quantitative estimate of drug-likeness (QED) is 0.505. The molecule has 0 fully saturated rings. The third kappa shape index (κ3) is 3.26. The van der Waals surface area contributed by atoms with Crippen molar-refractivity contribution in [1.29, 1.82) is 0 Å². The number of hydrogen-bond donors (Lipinski definition) is 4. The van der Waals surface area contributed by atoms with E-state index >= 15 is 0 Å². The predicted molar refractivity (Wildman–Crippen MR) is 78.3 cm³/mol. The van der Waals surface area contributed by atoms with Crippen LogP contribution in [0.3, 0.4) is 0 Å². The first-order valence-electron chi connectivity index (χ1n) is 5.85. The fourth-order valence-corrected chi connectivity index (χ4v) is 1.60. The van der Waals surface area contributed by atoms with E-state index in [4.69, 9.17) is 16.6 Å². The Morgan fingerprint density at radius 1 is 1.05 bits per heavy atom. The number of carboxylic acid groups (broad SMARTS) is 1. The summed E-state index contributed by atoms with van der Waals surface area (Å²) in [4.78, 5) is 17.2. The molecule has 1 aromatic heterocycles. The lowest BCUT2D eigenvalue weighted by molar-refractivity contribution is 0.0697. The van der Waals surface area contributed by atoms with Crippen molar-refractivity contribution in [2.45, 2.75) is 0 Å². The highest BCUT2D eigenvalue weighted by molar-refractivity contribution is 5.87. The Morgan fingerprint density at radius 2 is 1.70 bits per heavy atom. The molecule has 0 spiro atoms. The first-order valence-corrected chi connectivity index (χ1v) is 5.85. The third-order valence-electron chi connectivity index (χ3n) is 2.57. The number of benzene rings is 2. The number of nitrogens with one attached hydrogen (secondary N) is 1. The van der Waals surface area contributed by atoms with Crippen molar-refractivity contribution in [2.24, 2.45) is 0 Å². The highest BCUT2D eigenvalue weighted by Gasteiger charge is 1.98. The van der Waals surface area contributed by atoms with Crippen LogP contribution in [0.4, 0.5) is 11.6 Å². The van der Waals surface area contributed by atoms with Crippen LogP contribution >= 0.6 is 0 Å². The van der Waals surface area contributed by atoms with Crippen LogP contribution in [-0.2, 0) is 0 Å². The molecule has 6 heteroatoms. The molecule has 0 radical (unpaired) electrons. The van der Waals surface area contributed by atoms with Crippen LogP contribution in [0.1, 0.15) is 10.4 Å². The average Bonchev–Trinajstić information content (AvgIpc) is 2.80. The van der Waals surface area contributed by atoms with Crippen molar-refractivity contribution < 1.29 is 9.90 Å². The summed E-state index contributed by atoms with van der Waals surface area (Å²) in [5, 5.41) is 8.43. The van der Waals surface area contributed by atoms with Gasteiger partial charge in [-0.15, -0.1) is 0 Å².